The van der Waals surface area contributed by atoms with Crippen LogP contribution in [0.3, 0.4) is 0 Å². The molecule has 1 aromatic carbocycles. The largest absolute Gasteiger partial charge is 0.490 e. The van der Waals surface area contributed by atoms with E-state index in [1.807, 2.05) is 0 Å². The van der Waals surface area contributed by atoms with Crippen molar-refractivity contribution in [3.63, 3.8) is 0 Å². The van der Waals surface area contributed by atoms with Gasteiger partial charge in [-0.25, -0.2) is 4.98 Å². The number of ether oxygens (including phenoxy) is 3. The molecule has 1 aromatic heterocycles. The predicted octanol–water partition coefficient (Wildman–Crippen LogP) is 1.02. The van der Waals surface area contributed by atoms with Gasteiger partial charge in [-0.2, -0.15) is 0 Å². The van der Waals surface area contributed by atoms with Crippen LogP contribution in [0.25, 0.3) is 10.8 Å². The fraction of sp³-hybridized carbons (Fsp3) is 0.389. The molecule has 3 rings (SSSR count). The lowest BCUT2D eigenvalue weighted by Gasteiger charge is -2.21. The van der Waals surface area contributed by atoms with Crippen molar-refractivity contribution in [3.8, 4) is 11.6 Å². The van der Waals surface area contributed by atoms with Gasteiger partial charge in [-0.1, -0.05) is 6.92 Å². The van der Waals surface area contributed by atoms with Gasteiger partial charge in [0.1, 0.15) is 19.0 Å². The van der Waals surface area contributed by atoms with Gasteiger partial charge in [-0.3, -0.25) is 9.59 Å². The van der Waals surface area contributed by atoms with Gasteiger partial charge in [0, 0.05) is 18.0 Å². The third-order valence-corrected chi connectivity index (χ3v) is 4.01. The van der Waals surface area contributed by atoms with Crippen molar-refractivity contribution in [2.45, 2.75) is 19.4 Å². The number of aromatic nitrogens is 1. The molecule has 1 atom stereocenters. The van der Waals surface area contributed by atoms with E-state index in [0.29, 0.717) is 35.6 Å². The zero-order chi connectivity index (χ0) is 18.5. The number of fused-ring (bicyclic) bond motifs is 1. The van der Waals surface area contributed by atoms with E-state index in [1.165, 1.54) is 0 Å². The lowest BCUT2D eigenvalue weighted by Crippen LogP contribution is -2.42. The highest BCUT2D eigenvalue weighted by molar-refractivity contribution is 6.01. The number of amides is 2. The first-order chi connectivity index (χ1) is 12.6. The van der Waals surface area contributed by atoms with Gasteiger partial charge < -0.3 is 25.3 Å². The lowest BCUT2D eigenvalue weighted by atomic mass is 10.1. The third kappa shape index (κ3) is 4.02. The number of nitrogens with two attached hydrogens (primary N) is 1. The van der Waals surface area contributed by atoms with Crippen LogP contribution in [0.2, 0.25) is 0 Å². The fourth-order valence-corrected chi connectivity index (χ4v) is 2.68. The van der Waals surface area contributed by atoms with Gasteiger partial charge in [-0.15, -0.1) is 0 Å². The number of nitrogens with one attached hydrogen (secondary N) is 1. The van der Waals surface area contributed by atoms with Crippen LogP contribution in [0.5, 0.6) is 11.6 Å². The minimum Gasteiger partial charge on any atom is -0.490 e. The summed E-state index contributed by atoms with van der Waals surface area (Å²) in [5.74, 6) is 0.101. The maximum absolute atomic E-state index is 11.7. The summed E-state index contributed by atoms with van der Waals surface area (Å²) in [5, 5.41) is 4.33. The van der Waals surface area contributed by atoms with Crippen molar-refractivity contribution in [1.29, 1.82) is 0 Å². The Morgan fingerprint density at radius 1 is 1.27 bits per heavy atom. The zero-order valence-corrected chi connectivity index (χ0v) is 14.5. The van der Waals surface area contributed by atoms with Crippen LogP contribution in [0.15, 0.2) is 24.4 Å². The molecule has 8 heteroatoms. The Balaban J connectivity index is 1.96. The number of pyridine rings is 1. The van der Waals surface area contributed by atoms with Gasteiger partial charge in [0.2, 0.25) is 11.8 Å². The summed E-state index contributed by atoms with van der Waals surface area (Å²) in [6, 6.07) is 4.82. The van der Waals surface area contributed by atoms with Crippen molar-refractivity contribution < 1.29 is 23.8 Å². The molecule has 2 bridgehead atoms. The summed E-state index contributed by atoms with van der Waals surface area (Å²) in [6.07, 6.45) is 1.97. The normalized spacial score (nSPS) is 17.5. The Labute approximate surface area is 150 Å². The molecule has 2 aromatic rings. The van der Waals surface area contributed by atoms with Gasteiger partial charge in [0.15, 0.2) is 0 Å². The van der Waals surface area contributed by atoms with Gasteiger partial charge in [0.25, 0.3) is 5.91 Å². The lowest BCUT2D eigenvalue weighted by molar-refractivity contribution is -0.122. The SMILES string of the molecule is CCC(=O)NC1COCCOc2cc3c(nccc3cc2C(N)=O)OC1. The molecular weight excluding hydrogens is 338 g/mol. The average molecular weight is 359 g/mol. The van der Waals surface area contributed by atoms with Crippen molar-refractivity contribution in [2.75, 3.05) is 26.4 Å². The number of hydrogen-bond donors (Lipinski definition) is 2. The van der Waals surface area contributed by atoms with E-state index in [-0.39, 0.29) is 31.8 Å². The van der Waals surface area contributed by atoms with Crippen LogP contribution >= 0.6 is 0 Å². The number of carbonyl (C=O) groups excluding carboxylic acids is 2. The maximum Gasteiger partial charge on any atom is 0.252 e. The van der Waals surface area contributed by atoms with E-state index < -0.39 is 5.91 Å². The molecule has 0 fully saturated rings. The molecule has 0 saturated heterocycles. The van der Waals surface area contributed by atoms with Gasteiger partial charge in [-0.05, 0) is 23.6 Å². The summed E-state index contributed by atoms with van der Waals surface area (Å²) in [5.41, 5.74) is 5.75. The first-order valence-corrected chi connectivity index (χ1v) is 8.43. The Hall–Kier alpha value is -2.87. The number of benzene rings is 1. The number of hydrogen-bond acceptors (Lipinski definition) is 6. The molecule has 1 aliphatic heterocycles. The second-order valence-corrected chi connectivity index (χ2v) is 5.90. The van der Waals surface area contributed by atoms with Crippen LogP contribution < -0.4 is 20.5 Å². The van der Waals surface area contributed by atoms with Crippen LogP contribution in [0, 0.1) is 0 Å². The van der Waals surface area contributed by atoms with Crippen LogP contribution in [0.1, 0.15) is 23.7 Å². The quantitative estimate of drug-likeness (QED) is 0.846. The van der Waals surface area contributed by atoms with Gasteiger partial charge >= 0.3 is 0 Å². The summed E-state index contributed by atoms with van der Waals surface area (Å²) in [4.78, 5) is 27.7. The second kappa shape index (κ2) is 8.01. The minimum atomic E-state index is -0.573. The molecular formula is C18H21N3O5. The number of rotatable bonds is 3. The highest BCUT2D eigenvalue weighted by Crippen LogP contribution is 2.31. The molecule has 1 unspecified atom stereocenters. The molecule has 8 nitrogen and oxygen atoms in total. The van der Waals surface area contributed by atoms with E-state index in [9.17, 15) is 9.59 Å². The second-order valence-electron chi connectivity index (χ2n) is 5.90. The predicted molar refractivity (Wildman–Crippen MR) is 94.3 cm³/mol. The van der Waals surface area contributed by atoms with Crippen LogP contribution in [-0.4, -0.2) is 49.3 Å². The smallest absolute Gasteiger partial charge is 0.252 e. The number of primary amides is 1. The molecule has 26 heavy (non-hydrogen) atoms. The molecule has 0 aliphatic carbocycles. The summed E-state index contributed by atoms with van der Waals surface area (Å²) >= 11 is 0. The summed E-state index contributed by atoms with van der Waals surface area (Å²) in [6.45, 7) is 2.82. The summed E-state index contributed by atoms with van der Waals surface area (Å²) in [7, 11) is 0. The Morgan fingerprint density at radius 3 is 2.88 bits per heavy atom. The molecule has 3 N–H and O–H groups in total. The van der Waals surface area contributed by atoms with E-state index in [1.54, 1.807) is 31.3 Å². The number of nitrogens with zero attached hydrogens (tertiary/aromatic N) is 1. The van der Waals surface area contributed by atoms with E-state index >= 15 is 0 Å². The Morgan fingerprint density at radius 2 is 2.12 bits per heavy atom. The molecule has 0 spiro atoms. The molecule has 0 saturated carbocycles. The monoisotopic (exact) mass is 359 g/mol. The Bertz CT molecular complexity index is 824. The van der Waals surface area contributed by atoms with E-state index in [0.717, 1.165) is 5.39 Å². The zero-order valence-electron chi connectivity index (χ0n) is 14.5. The molecule has 0 radical (unpaired) electrons. The topological polar surface area (TPSA) is 113 Å². The molecule has 1 aliphatic rings. The van der Waals surface area contributed by atoms with Crippen molar-refractivity contribution in [2.24, 2.45) is 5.73 Å². The minimum absolute atomic E-state index is 0.0789. The van der Waals surface area contributed by atoms with Crippen molar-refractivity contribution in [3.05, 3.63) is 30.0 Å². The van der Waals surface area contributed by atoms with Crippen molar-refractivity contribution >= 4 is 22.6 Å². The van der Waals surface area contributed by atoms with E-state index in [4.69, 9.17) is 19.9 Å². The standard InChI is InChI=1S/C18H21N3O5/c1-2-16(22)21-12-9-24-5-6-25-15-8-13-11(7-14(15)17(19)23)3-4-20-18(13)26-10-12/h3-4,7-8,12H,2,5-6,9-10H2,1H3,(H2,19,23)(H,21,22). The molecule has 2 amide bonds. The highest BCUT2D eigenvalue weighted by atomic mass is 16.5. The third-order valence-electron chi connectivity index (χ3n) is 4.01. The van der Waals surface area contributed by atoms with E-state index in [2.05, 4.69) is 10.3 Å². The fourth-order valence-electron chi connectivity index (χ4n) is 2.68. The first kappa shape index (κ1) is 17.9. The first-order valence-electron chi connectivity index (χ1n) is 8.43. The number of carbonyl (C=O) groups is 2. The summed E-state index contributed by atoms with van der Waals surface area (Å²) < 4.78 is 17.1. The van der Waals surface area contributed by atoms with Crippen LogP contribution in [-0.2, 0) is 9.53 Å². The maximum atomic E-state index is 11.7. The highest BCUT2D eigenvalue weighted by Gasteiger charge is 2.18. The van der Waals surface area contributed by atoms with Crippen molar-refractivity contribution in [1.82, 2.24) is 10.3 Å². The average Bonchev–Trinajstić information content (AvgIpc) is 2.63. The Kier molecular flexibility index (Phi) is 5.52. The van der Waals surface area contributed by atoms with Crippen LogP contribution in [0.4, 0.5) is 0 Å². The molecule has 2 heterocycles. The van der Waals surface area contributed by atoms with Gasteiger partial charge in [0.05, 0.1) is 24.8 Å². The molecule has 138 valence electrons.